The van der Waals surface area contributed by atoms with Crippen molar-refractivity contribution in [3.8, 4) is 0 Å². The number of anilines is 1. The van der Waals surface area contributed by atoms with Crippen molar-refractivity contribution in [3.63, 3.8) is 0 Å². The van der Waals surface area contributed by atoms with Gasteiger partial charge in [-0.25, -0.2) is 0 Å². The van der Waals surface area contributed by atoms with E-state index in [1.807, 2.05) is 11.8 Å². The molecule has 1 N–H and O–H groups in total. The van der Waals surface area contributed by atoms with Crippen molar-refractivity contribution in [2.45, 2.75) is 33.2 Å². The zero-order chi connectivity index (χ0) is 21.8. The number of nitrogens with zero attached hydrogens (tertiary/aromatic N) is 3. The molecule has 0 radical (unpaired) electrons. The van der Waals surface area contributed by atoms with Crippen LogP contribution in [0.4, 0.5) is 5.69 Å². The van der Waals surface area contributed by atoms with Gasteiger partial charge in [0.1, 0.15) is 0 Å². The van der Waals surface area contributed by atoms with Crippen LogP contribution in [0.2, 0.25) is 10.0 Å². The molecule has 0 saturated carbocycles. The number of rotatable bonds is 5. The fourth-order valence-corrected chi connectivity index (χ4v) is 4.82. The Labute approximate surface area is 189 Å². The molecule has 2 amide bonds. The van der Waals surface area contributed by atoms with Crippen LogP contribution in [0, 0.1) is 11.8 Å². The van der Waals surface area contributed by atoms with Crippen LogP contribution in [0.5, 0.6) is 0 Å². The topological polar surface area (TPSA) is 55.9 Å². The lowest BCUT2D eigenvalue weighted by atomic mass is 9.92. The van der Waals surface area contributed by atoms with Crippen LogP contribution in [0.1, 0.15) is 27.2 Å². The molecule has 2 saturated heterocycles. The van der Waals surface area contributed by atoms with E-state index in [9.17, 15) is 9.59 Å². The minimum atomic E-state index is -0.290. The number of carbonyl (C=O) groups is 2. The summed E-state index contributed by atoms with van der Waals surface area (Å²) in [6.07, 6.45) is 1.20. The molecule has 3 rings (SSSR count). The van der Waals surface area contributed by atoms with Gasteiger partial charge in [-0.2, -0.15) is 0 Å². The maximum atomic E-state index is 12.7. The monoisotopic (exact) mass is 454 g/mol. The number of likely N-dealkylation sites (tertiary alicyclic amines) is 1. The number of piperidine rings is 1. The highest BCUT2D eigenvalue weighted by Crippen LogP contribution is 2.29. The summed E-state index contributed by atoms with van der Waals surface area (Å²) in [5.74, 6) is 1.26. The van der Waals surface area contributed by atoms with E-state index in [1.165, 1.54) is 6.42 Å². The Morgan fingerprint density at radius 3 is 2.37 bits per heavy atom. The second kappa shape index (κ2) is 10.3. The van der Waals surface area contributed by atoms with Gasteiger partial charge in [0, 0.05) is 39.3 Å². The predicted octanol–water partition coefficient (Wildman–Crippen LogP) is 3.44. The van der Waals surface area contributed by atoms with E-state index in [1.54, 1.807) is 18.2 Å². The summed E-state index contributed by atoms with van der Waals surface area (Å²) in [7, 11) is 0. The standard InChI is InChI=1S/C22H32Cl2N4O2/c1-15-11-16(2)13-28(12-15)20(29)14-26-7-9-27(10-8-26)17(3)22(30)25-19-6-4-5-18(23)21(19)24/h4-6,15-17H,7-14H2,1-3H3,(H,25,30). The molecule has 30 heavy (non-hydrogen) atoms. The molecule has 1 aromatic carbocycles. The Balaban J connectivity index is 1.47. The fraction of sp³-hybridized carbons (Fsp3) is 0.636. The summed E-state index contributed by atoms with van der Waals surface area (Å²) in [5, 5.41) is 3.64. The number of hydrogen-bond donors (Lipinski definition) is 1. The zero-order valence-electron chi connectivity index (χ0n) is 18.0. The lowest BCUT2D eigenvalue weighted by Gasteiger charge is -2.39. The van der Waals surface area contributed by atoms with E-state index in [0.29, 0.717) is 34.1 Å². The van der Waals surface area contributed by atoms with Crippen LogP contribution in [0.3, 0.4) is 0 Å². The second-order valence-corrected chi connectivity index (χ2v) is 9.61. The third kappa shape index (κ3) is 5.88. The SMILES string of the molecule is CC1CC(C)CN(C(=O)CN2CCN(C(C)C(=O)Nc3cccc(Cl)c3Cl)CC2)C1. The molecular weight excluding hydrogens is 423 g/mol. The Morgan fingerprint density at radius 1 is 1.10 bits per heavy atom. The van der Waals surface area contributed by atoms with Crippen LogP contribution >= 0.6 is 23.2 Å². The highest BCUT2D eigenvalue weighted by molar-refractivity contribution is 6.44. The molecule has 3 atom stereocenters. The van der Waals surface area contributed by atoms with Crippen LogP contribution in [-0.2, 0) is 9.59 Å². The third-order valence-corrected chi connectivity index (χ3v) is 6.94. The summed E-state index contributed by atoms with van der Waals surface area (Å²) >= 11 is 12.2. The molecule has 0 aromatic heterocycles. The maximum Gasteiger partial charge on any atom is 0.241 e. The van der Waals surface area contributed by atoms with Gasteiger partial charge < -0.3 is 10.2 Å². The van der Waals surface area contributed by atoms with Gasteiger partial charge >= 0.3 is 0 Å². The van der Waals surface area contributed by atoms with E-state index in [-0.39, 0.29) is 17.9 Å². The smallest absolute Gasteiger partial charge is 0.241 e. The number of carbonyl (C=O) groups excluding carboxylic acids is 2. The van der Waals surface area contributed by atoms with Gasteiger partial charge in [-0.1, -0.05) is 43.1 Å². The van der Waals surface area contributed by atoms with Crippen molar-refractivity contribution in [1.82, 2.24) is 14.7 Å². The number of halogens is 2. The highest BCUT2D eigenvalue weighted by Gasteiger charge is 2.29. The minimum absolute atomic E-state index is 0.111. The Kier molecular flexibility index (Phi) is 8.02. The summed E-state index contributed by atoms with van der Waals surface area (Å²) in [5.41, 5.74) is 0.523. The van der Waals surface area contributed by atoms with Crippen LogP contribution in [-0.4, -0.2) is 78.4 Å². The van der Waals surface area contributed by atoms with Crippen LogP contribution < -0.4 is 5.32 Å². The summed E-state index contributed by atoms with van der Waals surface area (Å²) < 4.78 is 0. The Morgan fingerprint density at radius 2 is 1.73 bits per heavy atom. The Hall–Kier alpha value is -1.34. The van der Waals surface area contributed by atoms with Gasteiger partial charge in [0.15, 0.2) is 0 Å². The number of nitrogens with one attached hydrogen (secondary N) is 1. The summed E-state index contributed by atoms with van der Waals surface area (Å²) in [4.78, 5) is 31.8. The van der Waals surface area contributed by atoms with Crippen molar-refractivity contribution in [2.24, 2.45) is 11.8 Å². The molecule has 0 bridgehead atoms. The van der Waals surface area contributed by atoms with Crippen molar-refractivity contribution < 1.29 is 9.59 Å². The average Bonchev–Trinajstić information content (AvgIpc) is 2.70. The molecule has 166 valence electrons. The molecule has 3 unspecified atom stereocenters. The van der Waals surface area contributed by atoms with Crippen molar-refractivity contribution >= 4 is 40.7 Å². The molecular formula is C22H32Cl2N4O2. The van der Waals surface area contributed by atoms with Crippen molar-refractivity contribution in [2.75, 3.05) is 51.1 Å². The largest absolute Gasteiger partial charge is 0.341 e. The molecule has 8 heteroatoms. The molecule has 2 fully saturated rings. The first kappa shape index (κ1) is 23.3. The number of amides is 2. The summed E-state index contributed by atoms with van der Waals surface area (Å²) in [6.45, 7) is 11.6. The molecule has 2 heterocycles. The normalized spacial score (nSPS) is 24.5. The summed E-state index contributed by atoms with van der Waals surface area (Å²) in [6, 6.07) is 4.90. The molecule has 2 aliphatic rings. The number of hydrogen-bond acceptors (Lipinski definition) is 4. The van der Waals surface area contributed by atoms with Gasteiger partial charge in [-0.3, -0.25) is 19.4 Å². The quantitative estimate of drug-likeness (QED) is 0.739. The fourth-order valence-electron chi connectivity index (χ4n) is 4.47. The third-order valence-electron chi connectivity index (χ3n) is 6.12. The first-order chi connectivity index (χ1) is 14.2. The van der Waals surface area contributed by atoms with E-state index in [2.05, 4.69) is 29.0 Å². The second-order valence-electron chi connectivity index (χ2n) is 8.82. The van der Waals surface area contributed by atoms with Crippen LogP contribution in [0.25, 0.3) is 0 Å². The van der Waals surface area contributed by atoms with E-state index in [0.717, 1.165) is 39.3 Å². The molecule has 0 spiro atoms. The predicted molar refractivity (Wildman–Crippen MR) is 122 cm³/mol. The molecule has 6 nitrogen and oxygen atoms in total. The van der Waals surface area contributed by atoms with Gasteiger partial charge in [-0.15, -0.1) is 0 Å². The number of benzene rings is 1. The zero-order valence-corrected chi connectivity index (χ0v) is 19.5. The van der Waals surface area contributed by atoms with Crippen molar-refractivity contribution in [3.05, 3.63) is 28.2 Å². The lowest BCUT2D eigenvalue weighted by molar-refractivity contribution is -0.136. The Bertz CT molecular complexity index is 758. The molecule has 0 aliphatic carbocycles. The van der Waals surface area contributed by atoms with Crippen LogP contribution in [0.15, 0.2) is 18.2 Å². The van der Waals surface area contributed by atoms with E-state index >= 15 is 0 Å². The highest BCUT2D eigenvalue weighted by atomic mass is 35.5. The van der Waals surface area contributed by atoms with Gasteiger partial charge in [0.2, 0.25) is 11.8 Å². The minimum Gasteiger partial charge on any atom is -0.341 e. The molecule has 1 aromatic rings. The van der Waals surface area contributed by atoms with E-state index in [4.69, 9.17) is 23.2 Å². The first-order valence-corrected chi connectivity index (χ1v) is 11.5. The number of piperazine rings is 1. The lowest BCUT2D eigenvalue weighted by Crippen LogP contribution is -2.55. The van der Waals surface area contributed by atoms with E-state index < -0.39 is 0 Å². The van der Waals surface area contributed by atoms with Crippen molar-refractivity contribution in [1.29, 1.82) is 0 Å². The average molecular weight is 455 g/mol. The maximum absolute atomic E-state index is 12.7. The van der Waals surface area contributed by atoms with Gasteiger partial charge in [0.25, 0.3) is 0 Å². The first-order valence-electron chi connectivity index (χ1n) is 10.7. The molecule has 2 aliphatic heterocycles. The van der Waals surface area contributed by atoms with Gasteiger partial charge in [-0.05, 0) is 37.3 Å². The van der Waals surface area contributed by atoms with Gasteiger partial charge in [0.05, 0.1) is 28.3 Å².